The summed E-state index contributed by atoms with van der Waals surface area (Å²) in [6.07, 6.45) is 0.530. The number of thiophene rings is 1. The van der Waals surface area contributed by atoms with Gasteiger partial charge in [0.05, 0.1) is 49.7 Å². The van der Waals surface area contributed by atoms with Crippen molar-refractivity contribution in [3.8, 4) is 17.2 Å². The van der Waals surface area contributed by atoms with E-state index in [-0.39, 0.29) is 36.8 Å². The molecule has 0 saturated carbocycles. The fourth-order valence-electron chi connectivity index (χ4n) is 5.32. The fourth-order valence-corrected chi connectivity index (χ4v) is 6.85. The Kier molecular flexibility index (Phi) is 10.7. The molecule has 3 aromatic carbocycles. The van der Waals surface area contributed by atoms with Crippen LogP contribution in [-0.4, -0.2) is 63.9 Å². The van der Waals surface area contributed by atoms with Gasteiger partial charge in [0.1, 0.15) is 5.75 Å². The number of nitrogens with zero attached hydrogens (tertiary/aromatic N) is 5. The second kappa shape index (κ2) is 15.6. The Morgan fingerprint density at radius 2 is 1.73 bits per heavy atom. The number of carbonyl (C=O) groups excluding carboxylic acids is 2. The van der Waals surface area contributed by atoms with Gasteiger partial charge in [-0.3, -0.25) is 9.59 Å². The van der Waals surface area contributed by atoms with Crippen LogP contribution in [0.4, 0.5) is 0 Å². The highest BCUT2D eigenvalue weighted by Gasteiger charge is 2.36. The molecule has 1 aliphatic heterocycles. The molecular formula is C35H34N6O5S2. The summed E-state index contributed by atoms with van der Waals surface area (Å²) in [6.45, 7) is 0.476. The van der Waals surface area contributed by atoms with E-state index >= 15 is 0 Å². The standard InChI is InChI=1S/C35H34N6O5S2/c1-44-29-16-9-15-26(34(29)45-2)28-19-27(30-17-10-18-47-30)39-41(28)33(43)23-48-35-38-37-31(40(35)21-24-11-5-3-6-12-24)20-36-32(42)22-46-25-13-7-4-8-14-25/h3-18,28H,19-23H2,1-2H3,(H,36,42). The maximum Gasteiger partial charge on any atom is 0.258 e. The number of para-hydroxylation sites is 2. The molecule has 0 aliphatic carbocycles. The van der Waals surface area contributed by atoms with Gasteiger partial charge in [-0.05, 0) is 35.2 Å². The van der Waals surface area contributed by atoms with Gasteiger partial charge in [-0.2, -0.15) is 5.10 Å². The van der Waals surface area contributed by atoms with Crippen molar-refractivity contribution in [1.29, 1.82) is 0 Å². The topological polar surface area (TPSA) is 120 Å². The average Bonchev–Trinajstić information content (AvgIpc) is 3.90. The zero-order chi connectivity index (χ0) is 33.3. The maximum atomic E-state index is 14.0. The highest BCUT2D eigenvalue weighted by Crippen LogP contribution is 2.42. The van der Waals surface area contributed by atoms with E-state index in [1.54, 1.807) is 42.7 Å². The van der Waals surface area contributed by atoms with E-state index in [1.807, 2.05) is 88.8 Å². The Hall–Kier alpha value is -5.14. The number of ether oxygens (including phenoxy) is 3. The number of amides is 2. The Morgan fingerprint density at radius 1 is 0.938 bits per heavy atom. The molecule has 2 amide bonds. The van der Waals surface area contributed by atoms with Crippen LogP contribution in [0.1, 0.15) is 34.3 Å². The smallest absolute Gasteiger partial charge is 0.258 e. The molecule has 13 heteroatoms. The lowest BCUT2D eigenvalue weighted by Crippen LogP contribution is -2.30. The van der Waals surface area contributed by atoms with Gasteiger partial charge in [-0.25, -0.2) is 5.01 Å². The number of benzene rings is 3. The van der Waals surface area contributed by atoms with Gasteiger partial charge in [0, 0.05) is 12.0 Å². The Labute approximate surface area is 286 Å². The van der Waals surface area contributed by atoms with Gasteiger partial charge in [-0.1, -0.05) is 78.5 Å². The van der Waals surface area contributed by atoms with Crippen molar-refractivity contribution < 1.29 is 23.8 Å². The molecule has 0 bridgehead atoms. The number of nitrogens with one attached hydrogen (secondary N) is 1. The predicted molar refractivity (Wildman–Crippen MR) is 185 cm³/mol. The van der Waals surface area contributed by atoms with Crippen LogP contribution in [0, 0.1) is 0 Å². The minimum Gasteiger partial charge on any atom is -0.493 e. The third-order valence-corrected chi connectivity index (χ3v) is 9.49. The van der Waals surface area contributed by atoms with Crippen LogP contribution in [0.3, 0.4) is 0 Å². The summed E-state index contributed by atoms with van der Waals surface area (Å²) in [5.74, 6) is 1.91. The molecule has 246 valence electrons. The van der Waals surface area contributed by atoms with Crippen molar-refractivity contribution in [1.82, 2.24) is 25.1 Å². The number of hydrazone groups is 1. The predicted octanol–water partition coefficient (Wildman–Crippen LogP) is 5.57. The molecule has 5 aromatic rings. The monoisotopic (exact) mass is 682 g/mol. The van der Waals surface area contributed by atoms with E-state index in [4.69, 9.17) is 19.3 Å². The van der Waals surface area contributed by atoms with Crippen molar-refractivity contribution in [3.63, 3.8) is 0 Å². The van der Waals surface area contributed by atoms with E-state index in [0.717, 1.165) is 21.7 Å². The number of rotatable bonds is 14. The van der Waals surface area contributed by atoms with Crippen molar-refractivity contribution in [3.05, 3.63) is 118 Å². The van der Waals surface area contributed by atoms with Crippen LogP contribution in [0.15, 0.2) is 107 Å². The van der Waals surface area contributed by atoms with E-state index < -0.39 is 0 Å². The van der Waals surface area contributed by atoms with Crippen LogP contribution in [0.25, 0.3) is 0 Å². The Bertz CT molecular complexity index is 1870. The third-order valence-electron chi connectivity index (χ3n) is 7.62. The Morgan fingerprint density at radius 3 is 2.46 bits per heavy atom. The number of carbonyl (C=O) groups is 2. The van der Waals surface area contributed by atoms with Crippen LogP contribution in [0.5, 0.6) is 17.2 Å². The van der Waals surface area contributed by atoms with Crippen molar-refractivity contribution in [2.75, 3.05) is 26.6 Å². The van der Waals surface area contributed by atoms with Crippen LogP contribution in [0.2, 0.25) is 0 Å². The van der Waals surface area contributed by atoms with E-state index in [9.17, 15) is 9.59 Å². The molecule has 11 nitrogen and oxygen atoms in total. The zero-order valence-corrected chi connectivity index (χ0v) is 28.1. The minimum atomic E-state index is -0.383. The van der Waals surface area contributed by atoms with Gasteiger partial charge in [-0.15, -0.1) is 21.5 Å². The van der Waals surface area contributed by atoms with Crippen LogP contribution < -0.4 is 19.5 Å². The van der Waals surface area contributed by atoms with Crippen LogP contribution in [-0.2, 0) is 22.7 Å². The highest BCUT2D eigenvalue weighted by atomic mass is 32.2. The van der Waals surface area contributed by atoms with Crippen molar-refractivity contribution in [2.45, 2.75) is 30.7 Å². The lowest BCUT2D eigenvalue weighted by Gasteiger charge is -2.24. The molecule has 1 aliphatic rings. The van der Waals surface area contributed by atoms with Gasteiger partial charge >= 0.3 is 0 Å². The summed E-state index contributed by atoms with van der Waals surface area (Å²) >= 11 is 2.86. The van der Waals surface area contributed by atoms with Gasteiger partial charge in [0.25, 0.3) is 11.8 Å². The summed E-state index contributed by atoms with van der Waals surface area (Å²) in [7, 11) is 3.18. The van der Waals surface area contributed by atoms with Crippen molar-refractivity contribution >= 4 is 40.6 Å². The fraction of sp³-hybridized carbons (Fsp3) is 0.229. The molecule has 6 rings (SSSR count). The molecule has 2 aromatic heterocycles. The largest absolute Gasteiger partial charge is 0.493 e. The van der Waals surface area contributed by atoms with Gasteiger partial charge in [0.2, 0.25) is 0 Å². The second-order valence-electron chi connectivity index (χ2n) is 10.7. The first-order valence-electron chi connectivity index (χ1n) is 15.2. The van der Waals surface area contributed by atoms with E-state index in [1.165, 1.54) is 11.8 Å². The molecule has 1 atom stereocenters. The summed E-state index contributed by atoms with van der Waals surface area (Å²) in [5, 5.41) is 20.6. The molecule has 0 saturated heterocycles. The average molecular weight is 683 g/mol. The molecule has 0 fully saturated rings. The summed E-state index contributed by atoms with van der Waals surface area (Å²) < 4.78 is 18.8. The molecule has 1 N–H and O–H groups in total. The zero-order valence-electron chi connectivity index (χ0n) is 26.4. The number of hydrogen-bond acceptors (Lipinski definition) is 10. The maximum absolute atomic E-state index is 14.0. The number of thioether (sulfide) groups is 1. The quantitative estimate of drug-likeness (QED) is 0.151. The number of aromatic nitrogens is 3. The molecule has 0 radical (unpaired) electrons. The summed E-state index contributed by atoms with van der Waals surface area (Å²) in [6, 6.07) is 28.3. The lowest BCUT2D eigenvalue weighted by atomic mass is 9.99. The van der Waals surface area contributed by atoms with Crippen LogP contribution >= 0.6 is 23.1 Å². The lowest BCUT2D eigenvalue weighted by molar-refractivity contribution is -0.130. The summed E-state index contributed by atoms with van der Waals surface area (Å²) in [5.41, 5.74) is 2.67. The Balaban J connectivity index is 1.20. The third kappa shape index (κ3) is 7.69. The number of methoxy groups -OCH3 is 2. The molecule has 0 spiro atoms. The number of hydrogen-bond donors (Lipinski definition) is 1. The van der Waals surface area contributed by atoms with E-state index in [0.29, 0.717) is 41.2 Å². The normalized spacial score (nSPS) is 14.0. The summed E-state index contributed by atoms with van der Waals surface area (Å²) in [4.78, 5) is 27.6. The van der Waals surface area contributed by atoms with Gasteiger partial charge in [0.15, 0.2) is 29.1 Å². The van der Waals surface area contributed by atoms with E-state index in [2.05, 4.69) is 15.5 Å². The molecule has 3 heterocycles. The highest BCUT2D eigenvalue weighted by molar-refractivity contribution is 7.99. The SMILES string of the molecule is COc1cccc(C2CC(c3cccs3)=NN2C(=O)CSc2nnc(CNC(=O)COc3ccccc3)n2Cc2ccccc2)c1OC. The molecular weight excluding hydrogens is 649 g/mol. The minimum absolute atomic E-state index is 0.0637. The first kappa shape index (κ1) is 32.8. The molecule has 1 unspecified atom stereocenters. The first-order valence-corrected chi connectivity index (χ1v) is 17.1. The van der Waals surface area contributed by atoms with Crippen molar-refractivity contribution in [2.24, 2.45) is 5.10 Å². The first-order chi connectivity index (χ1) is 23.5. The van der Waals surface area contributed by atoms with Gasteiger partial charge < -0.3 is 24.1 Å². The second-order valence-corrected chi connectivity index (χ2v) is 12.6. The molecule has 48 heavy (non-hydrogen) atoms.